The van der Waals surface area contributed by atoms with E-state index in [9.17, 15) is 4.39 Å². The van der Waals surface area contributed by atoms with Crippen molar-refractivity contribution in [3.8, 4) is 11.8 Å². The molecule has 0 bridgehead atoms. The zero-order chi connectivity index (χ0) is 13.1. The number of rotatable bonds is 3. The zero-order valence-electron chi connectivity index (χ0n) is 9.74. The van der Waals surface area contributed by atoms with Gasteiger partial charge in [0, 0.05) is 13.1 Å². The van der Waals surface area contributed by atoms with Crippen LogP contribution < -0.4 is 10.1 Å². The summed E-state index contributed by atoms with van der Waals surface area (Å²) in [6.07, 6.45) is 0. The number of nitrogens with one attached hydrogen (secondary N) is 1. The summed E-state index contributed by atoms with van der Waals surface area (Å²) in [5.74, 6) is 0.210. The van der Waals surface area contributed by atoms with Crippen LogP contribution in [0.2, 0.25) is 5.28 Å². The summed E-state index contributed by atoms with van der Waals surface area (Å²) in [5.41, 5.74) is 0.534. The highest BCUT2D eigenvalue weighted by molar-refractivity contribution is 6.28. The average Bonchev–Trinajstić information content (AvgIpc) is 2.33. The van der Waals surface area contributed by atoms with Gasteiger partial charge < -0.3 is 10.1 Å². The molecule has 0 saturated heterocycles. The molecule has 2 rings (SSSR count). The van der Waals surface area contributed by atoms with Crippen LogP contribution in [0, 0.1) is 12.7 Å². The lowest BCUT2D eigenvalue weighted by Gasteiger charge is -2.06. The SMILES string of the molecule is CNc1nc(Cl)nc(Oc2ccc(C)c(F)c2)n1. The summed E-state index contributed by atoms with van der Waals surface area (Å²) < 4.78 is 18.6. The Kier molecular flexibility index (Phi) is 3.57. The molecule has 18 heavy (non-hydrogen) atoms. The predicted molar refractivity (Wildman–Crippen MR) is 65.6 cm³/mol. The minimum atomic E-state index is -0.360. The van der Waals surface area contributed by atoms with E-state index in [2.05, 4.69) is 20.3 Å². The van der Waals surface area contributed by atoms with Gasteiger partial charge in [0.15, 0.2) is 0 Å². The predicted octanol–water partition coefficient (Wildman–Crippen LogP) is 2.81. The van der Waals surface area contributed by atoms with E-state index in [0.717, 1.165) is 0 Å². The maximum atomic E-state index is 13.3. The Hall–Kier alpha value is -1.95. The molecule has 0 saturated carbocycles. The van der Waals surface area contributed by atoms with Crippen molar-refractivity contribution in [3.63, 3.8) is 0 Å². The third kappa shape index (κ3) is 2.84. The molecule has 1 heterocycles. The number of hydrogen-bond acceptors (Lipinski definition) is 5. The van der Waals surface area contributed by atoms with E-state index in [0.29, 0.717) is 11.3 Å². The maximum absolute atomic E-state index is 13.3. The summed E-state index contributed by atoms with van der Waals surface area (Å²) in [7, 11) is 1.64. The Bertz CT molecular complexity index is 579. The Labute approximate surface area is 108 Å². The van der Waals surface area contributed by atoms with Gasteiger partial charge in [0.05, 0.1) is 0 Å². The molecule has 0 amide bonds. The fourth-order valence-electron chi connectivity index (χ4n) is 1.23. The van der Waals surface area contributed by atoms with Crippen LogP contribution >= 0.6 is 11.6 Å². The van der Waals surface area contributed by atoms with E-state index < -0.39 is 0 Å². The van der Waals surface area contributed by atoms with Crippen molar-refractivity contribution in [1.82, 2.24) is 15.0 Å². The molecule has 0 atom stereocenters. The largest absolute Gasteiger partial charge is 0.424 e. The zero-order valence-corrected chi connectivity index (χ0v) is 10.5. The second-order valence-corrected chi connectivity index (χ2v) is 3.81. The number of halogens is 2. The molecular weight excluding hydrogens is 259 g/mol. The highest BCUT2D eigenvalue weighted by Gasteiger charge is 2.07. The van der Waals surface area contributed by atoms with E-state index in [1.807, 2.05) is 0 Å². The van der Waals surface area contributed by atoms with Crippen LogP contribution in [0.15, 0.2) is 18.2 Å². The quantitative estimate of drug-likeness (QED) is 0.927. The molecule has 1 N–H and O–H groups in total. The second kappa shape index (κ2) is 5.14. The van der Waals surface area contributed by atoms with Gasteiger partial charge in [-0.05, 0) is 30.2 Å². The Morgan fingerprint density at radius 1 is 1.28 bits per heavy atom. The van der Waals surface area contributed by atoms with Gasteiger partial charge in [0.2, 0.25) is 11.2 Å². The van der Waals surface area contributed by atoms with Crippen LogP contribution in [0.5, 0.6) is 11.8 Å². The minimum absolute atomic E-state index is 0.00241. The van der Waals surface area contributed by atoms with Crippen LogP contribution in [0.25, 0.3) is 0 Å². The molecule has 0 unspecified atom stereocenters. The van der Waals surface area contributed by atoms with Crippen molar-refractivity contribution < 1.29 is 9.13 Å². The fourth-order valence-corrected chi connectivity index (χ4v) is 1.38. The first-order valence-corrected chi connectivity index (χ1v) is 5.49. The molecule has 0 radical (unpaired) electrons. The monoisotopic (exact) mass is 268 g/mol. The first kappa shape index (κ1) is 12.5. The standard InChI is InChI=1S/C11H10ClFN4O/c1-6-3-4-7(5-8(6)13)18-11-16-9(12)15-10(14-2)17-11/h3-5H,1-2H3,(H,14,15,16,17). The van der Waals surface area contributed by atoms with Crippen molar-refractivity contribution in [2.45, 2.75) is 6.92 Å². The molecule has 1 aromatic carbocycles. The smallest absolute Gasteiger partial charge is 0.328 e. The molecule has 1 aromatic heterocycles. The van der Waals surface area contributed by atoms with Crippen LogP contribution in [0.4, 0.5) is 10.3 Å². The molecule has 0 fully saturated rings. The number of anilines is 1. The lowest BCUT2D eigenvalue weighted by atomic mass is 10.2. The summed E-state index contributed by atoms with van der Waals surface area (Å²) in [6.45, 7) is 1.66. The van der Waals surface area contributed by atoms with Gasteiger partial charge in [-0.2, -0.15) is 15.0 Å². The highest BCUT2D eigenvalue weighted by Crippen LogP contribution is 2.21. The molecule has 0 aliphatic rings. The van der Waals surface area contributed by atoms with Gasteiger partial charge >= 0.3 is 6.01 Å². The third-order valence-corrected chi connectivity index (χ3v) is 2.33. The number of aromatic nitrogens is 3. The van der Waals surface area contributed by atoms with Gasteiger partial charge in [-0.25, -0.2) is 4.39 Å². The molecule has 7 heteroatoms. The summed E-state index contributed by atoms with van der Waals surface area (Å²) >= 11 is 5.70. The molecular formula is C11H10ClFN4O. The lowest BCUT2D eigenvalue weighted by Crippen LogP contribution is -2.01. The van der Waals surface area contributed by atoms with Gasteiger partial charge in [-0.3, -0.25) is 0 Å². The van der Waals surface area contributed by atoms with Crippen molar-refractivity contribution in [2.24, 2.45) is 0 Å². The first-order chi connectivity index (χ1) is 8.58. The average molecular weight is 269 g/mol. The van der Waals surface area contributed by atoms with E-state index >= 15 is 0 Å². The summed E-state index contributed by atoms with van der Waals surface area (Å²) in [4.78, 5) is 11.5. The normalized spacial score (nSPS) is 10.2. The number of hydrogen-bond donors (Lipinski definition) is 1. The van der Waals surface area contributed by atoms with E-state index in [-0.39, 0.29) is 23.1 Å². The Morgan fingerprint density at radius 3 is 2.72 bits per heavy atom. The lowest BCUT2D eigenvalue weighted by molar-refractivity contribution is 0.436. The maximum Gasteiger partial charge on any atom is 0.328 e. The number of nitrogens with zero attached hydrogens (tertiary/aromatic N) is 3. The van der Waals surface area contributed by atoms with E-state index in [1.54, 1.807) is 26.1 Å². The topological polar surface area (TPSA) is 59.9 Å². The van der Waals surface area contributed by atoms with Crippen LogP contribution in [-0.2, 0) is 0 Å². The molecule has 2 aromatic rings. The Morgan fingerprint density at radius 2 is 2.06 bits per heavy atom. The Balaban J connectivity index is 2.27. The molecule has 0 aliphatic carbocycles. The van der Waals surface area contributed by atoms with Gasteiger partial charge in [-0.15, -0.1) is 0 Å². The molecule has 5 nitrogen and oxygen atoms in total. The van der Waals surface area contributed by atoms with Crippen molar-refractivity contribution >= 4 is 17.5 Å². The van der Waals surface area contributed by atoms with Crippen LogP contribution in [-0.4, -0.2) is 22.0 Å². The van der Waals surface area contributed by atoms with Gasteiger partial charge in [-0.1, -0.05) is 6.07 Å². The van der Waals surface area contributed by atoms with Crippen LogP contribution in [0.1, 0.15) is 5.56 Å². The highest BCUT2D eigenvalue weighted by atomic mass is 35.5. The van der Waals surface area contributed by atoms with Gasteiger partial charge in [0.1, 0.15) is 11.6 Å². The number of benzene rings is 1. The van der Waals surface area contributed by atoms with E-state index in [1.165, 1.54) is 6.07 Å². The fraction of sp³-hybridized carbons (Fsp3) is 0.182. The first-order valence-electron chi connectivity index (χ1n) is 5.12. The van der Waals surface area contributed by atoms with Crippen molar-refractivity contribution in [3.05, 3.63) is 34.9 Å². The third-order valence-electron chi connectivity index (χ3n) is 2.16. The van der Waals surface area contributed by atoms with Gasteiger partial charge in [0.25, 0.3) is 0 Å². The molecule has 0 aliphatic heterocycles. The number of aryl methyl sites for hydroxylation is 1. The van der Waals surface area contributed by atoms with Crippen LogP contribution in [0.3, 0.4) is 0 Å². The number of ether oxygens (including phenoxy) is 1. The summed E-state index contributed by atoms with van der Waals surface area (Å²) in [5, 5.41) is 2.71. The van der Waals surface area contributed by atoms with E-state index in [4.69, 9.17) is 16.3 Å². The minimum Gasteiger partial charge on any atom is -0.424 e. The summed E-state index contributed by atoms with van der Waals surface area (Å²) in [6, 6.07) is 4.48. The second-order valence-electron chi connectivity index (χ2n) is 3.47. The van der Waals surface area contributed by atoms with Crippen molar-refractivity contribution in [1.29, 1.82) is 0 Å². The molecule has 0 spiro atoms. The molecule has 94 valence electrons. The van der Waals surface area contributed by atoms with Crippen molar-refractivity contribution in [2.75, 3.05) is 12.4 Å².